The first kappa shape index (κ1) is 21.6. The van der Waals surface area contributed by atoms with Crippen molar-refractivity contribution in [3.8, 4) is 5.75 Å². The number of rotatable bonds is 8. The Morgan fingerprint density at radius 2 is 1.90 bits per heavy atom. The highest BCUT2D eigenvalue weighted by atomic mass is 19.1. The molecule has 6 nitrogen and oxygen atoms in total. The van der Waals surface area contributed by atoms with Crippen LogP contribution in [0, 0.1) is 5.82 Å². The van der Waals surface area contributed by atoms with E-state index >= 15 is 0 Å². The minimum Gasteiger partial charge on any atom is -0.491 e. The van der Waals surface area contributed by atoms with Gasteiger partial charge < -0.3 is 20.3 Å². The van der Waals surface area contributed by atoms with Crippen molar-refractivity contribution in [1.82, 2.24) is 10.6 Å². The molecule has 0 saturated carbocycles. The maximum Gasteiger partial charge on any atom is 0.227 e. The zero-order chi connectivity index (χ0) is 21.3. The fraction of sp³-hybridized carbons (Fsp3) is 0.391. The predicted molar refractivity (Wildman–Crippen MR) is 117 cm³/mol. The molecule has 1 saturated heterocycles. The highest BCUT2D eigenvalue weighted by molar-refractivity contribution is 5.95. The normalized spacial score (nSPS) is 14.2. The maximum absolute atomic E-state index is 14.0. The minimum absolute atomic E-state index is 0.188. The highest BCUT2D eigenvalue weighted by Gasteiger charge is 2.21. The van der Waals surface area contributed by atoms with Gasteiger partial charge in [-0.3, -0.25) is 4.79 Å². The van der Waals surface area contributed by atoms with Crippen LogP contribution in [0.25, 0.3) is 0 Å². The van der Waals surface area contributed by atoms with Gasteiger partial charge in [0.15, 0.2) is 17.5 Å². The second kappa shape index (κ2) is 10.6. The number of carbonyl (C=O) groups is 1. The van der Waals surface area contributed by atoms with Crippen LogP contribution in [-0.4, -0.2) is 31.6 Å². The second-order valence-corrected chi connectivity index (χ2v) is 7.06. The SMILES string of the molecule is CCNC(=NCc1ccc(OCC)c(F)c1)NCc1ccc(N2CCCC2=O)cc1. The molecule has 160 valence electrons. The van der Waals surface area contributed by atoms with Gasteiger partial charge in [-0.25, -0.2) is 9.38 Å². The van der Waals surface area contributed by atoms with Gasteiger partial charge in [-0.2, -0.15) is 0 Å². The number of amides is 1. The minimum atomic E-state index is -0.376. The van der Waals surface area contributed by atoms with E-state index in [0.29, 0.717) is 32.1 Å². The van der Waals surface area contributed by atoms with Gasteiger partial charge in [-0.05, 0) is 55.7 Å². The van der Waals surface area contributed by atoms with Crippen LogP contribution >= 0.6 is 0 Å². The van der Waals surface area contributed by atoms with Gasteiger partial charge in [-0.1, -0.05) is 18.2 Å². The standard InChI is InChI=1S/C23H29FN4O2/c1-3-25-23(27-16-18-9-12-21(30-4-2)20(24)14-18)26-15-17-7-10-19(11-8-17)28-13-5-6-22(28)29/h7-12,14H,3-6,13,15-16H2,1-2H3,(H2,25,26,27). The Morgan fingerprint density at radius 1 is 1.13 bits per heavy atom. The van der Waals surface area contributed by atoms with Crippen LogP contribution in [0.4, 0.5) is 10.1 Å². The largest absolute Gasteiger partial charge is 0.491 e. The van der Waals surface area contributed by atoms with E-state index in [-0.39, 0.29) is 17.5 Å². The highest BCUT2D eigenvalue weighted by Crippen LogP contribution is 2.21. The molecule has 0 bridgehead atoms. The smallest absolute Gasteiger partial charge is 0.227 e. The Bertz CT molecular complexity index is 883. The van der Waals surface area contributed by atoms with E-state index in [4.69, 9.17) is 4.74 Å². The van der Waals surface area contributed by atoms with Crippen LogP contribution in [0.1, 0.15) is 37.8 Å². The Hall–Kier alpha value is -3.09. The zero-order valence-corrected chi connectivity index (χ0v) is 17.6. The Balaban J connectivity index is 1.58. The van der Waals surface area contributed by atoms with E-state index in [2.05, 4.69) is 15.6 Å². The third-order valence-electron chi connectivity index (χ3n) is 4.84. The molecule has 1 aliphatic rings. The molecule has 3 rings (SSSR count). The molecule has 0 spiro atoms. The molecule has 2 N–H and O–H groups in total. The molecule has 1 aliphatic heterocycles. The number of halogens is 1. The van der Waals surface area contributed by atoms with Crippen molar-refractivity contribution in [3.63, 3.8) is 0 Å². The molecule has 0 aromatic heterocycles. The molecule has 1 amide bonds. The number of hydrogen-bond acceptors (Lipinski definition) is 3. The first-order chi connectivity index (χ1) is 14.6. The quantitative estimate of drug-likeness (QED) is 0.514. The van der Waals surface area contributed by atoms with Gasteiger partial charge >= 0.3 is 0 Å². The van der Waals surface area contributed by atoms with Gasteiger partial charge in [0.25, 0.3) is 0 Å². The number of nitrogens with zero attached hydrogens (tertiary/aromatic N) is 2. The van der Waals surface area contributed by atoms with Gasteiger partial charge in [0, 0.05) is 31.7 Å². The van der Waals surface area contributed by atoms with Crippen LogP contribution < -0.4 is 20.3 Å². The van der Waals surface area contributed by atoms with Crippen LogP contribution in [0.15, 0.2) is 47.5 Å². The first-order valence-corrected chi connectivity index (χ1v) is 10.4. The maximum atomic E-state index is 14.0. The summed E-state index contributed by atoms with van der Waals surface area (Å²) in [6, 6.07) is 12.9. The van der Waals surface area contributed by atoms with Crippen molar-refractivity contribution in [3.05, 3.63) is 59.4 Å². The summed E-state index contributed by atoms with van der Waals surface area (Å²) in [6.07, 6.45) is 1.55. The molecule has 0 aliphatic carbocycles. The van der Waals surface area contributed by atoms with E-state index in [1.54, 1.807) is 6.07 Å². The zero-order valence-electron chi connectivity index (χ0n) is 17.6. The summed E-state index contributed by atoms with van der Waals surface area (Å²) in [6.45, 7) is 6.71. The summed E-state index contributed by atoms with van der Waals surface area (Å²) in [4.78, 5) is 18.2. The van der Waals surface area contributed by atoms with Gasteiger partial charge in [0.05, 0.1) is 13.2 Å². The van der Waals surface area contributed by atoms with Crippen molar-refractivity contribution >= 4 is 17.6 Å². The summed E-state index contributed by atoms with van der Waals surface area (Å²) < 4.78 is 19.3. The third-order valence-corrected chi connectivity index (χ3v) is 4.84. The molecule has 2 aromatic rings. The lowest BCUT2D eigenvalue weighted by Crippen LogP contribution is -2.36. The Morgan fingerprint density at radius 3 is 2.53 bits per heavy atom. The third kappa shape index (κ3) is 5.72. The first-order valence-electron chi connectivity index (χ1n) is 10.4. The lowest BCUT2D eigenvalue weighted by molar-refractivity contribution is -0.117. The van der Waals surface area contributed by atoms with Crippen molar-refractivity contribution < 1.29 is 13.9 Å². The second-order valence-electron chi connectivity index (χ2n) is 7.06. The van der Waals surface area contributed by atoms with E-state index in [1.165, 1.54) is 6.07 Å². The van der Waals surface area contributed by atoms with Crippen molar-refractivity contribution in [2.45, 2.75) is 39.8 Å². The van der Waals surface area contributed by atoms with Crippen LogP contribution in [-0.2, 0) is 17.9 Å². The lowest BCUT2D eigenvalue weighted by atomic mass is 10.2. The topological polar surface area (TPSA) is 66.0 Å². The van der Waals surface area contributed by atoms with Gasteiger partial charge in [0.1, 0.15) is 0 Å². The molecule has 1 fully saturated rings. The Labute approximate surface area is 177 Å². The number of aliphatic imine (C=N–C) groups is 1. The van der Waals surface area contributed by atoms with Crippen LogP contribution in [0.2, 0.25) is 0 Å². The summed E-state index contributed by atoms with van der Waals surface area (Å²) >= 11 is 0. The summed E-state index contributed by atoms with van der Waals surface area (Å²) in [7, 11) is 0. The molecule has 0 atom stereocenters. The molecule has 1 heterocycles. The van der Waals surface area contributed by atoms with E-state index in [1.807, 2.05) is 49.1 Å². The lowest BCUT2D eigenvalue weighted by Gasteiger charge is -2.16. The van der Waals surface area contributed by atoms with Gasteiger partial charge in [0.2, 0.25) is 5.91 Å². The monoisotopic (exact) mass is 412 g/mol. The van der Waals surface area contributed by atoms with Gasteiger partial charge in [-0.15, -0.1) is 0 Å². The Kier molecular flexibility index (Phi) is 7.65. The summed E-state index contributed by atoms with van der Waals surface area (Å²) in [5.74, 6) is 0.729. The summed E-state index contributed by atoms with van der Waals surface area (Å²) in [5.41, 5.74) is 2.80. The number of nitrogens with one attached hydrogen (secondary N) is 2. The summed E-state index contributed by atoms with van der Waals surface area (Å²) in [5, 5.41) is 6.49. The van der Waals surface area contributed by atoms with Crippen LogP contribution in [0.5, 0.6) is 5.75 Å². The molecule has 2 aromatic carbocycles. The number of benzene rings is 2. The number of ether oxygens (including phenoxy) is 1. The molecular formula is C23H29FN4O2. The predicted octanol–water partition coefficient (Wildman–Crippen LogP) is 3.61. The number of hydrogen-bond donors (Lipinski definition) is 2. The number of carbonyl (C=O) groups excluding carboxylic acids is 1. The number of anilines is 1. The molecule has 0 radical (unpaired) electrons. The number of guanidine groups is 1. The van der Waals surface area contributed by atoms with E-state index < -0.39 is 0 Å². The average Bonchev–Trinajstić information content (AvgIpc) is 3.18. The fourth-order valence-electron chi connectivity index (χ4n) is 3.33. The van der Waals surface area contributed by atoms with Crippen molar-refractivity contribution in [1.29, 1.82) is 0 Å². The molecule has 7 heteroatoms. The van der Waals surface area contributed by atoms with E-state index in [9.17, 15) is 9.18 Å². The average molecular weight is 413 g/mol. The van der Waals surface area contributed by atoms with Crippen molar-refractivity contribution in [2.75, 3.05) is 24.6 Å². The van der Waals surface area contributed by atoms with Crippen LogP contribution in [0.3, 0.4) is 0 Å². The van der Waals surface area contributed by atoms with E-state index in [0.717, 1.165) is 36.3 Å². The molecule has 30 heavy (non-hydrogen) atoms. The fourth-order valence-corrected chi connectivity index (χ4v) is 3.33. The molecule has 0 unspecified atom stereocenters. The van der Waals surface area contributed by atoms with Crippen molar-refractivity contribution in [2.24, 2.45) is 4.99 Å². The molecular weight excluding hydrogens is 383 g/mol.